The zero-order valence-electron chi connectivity index (χ0n) is 18.5. The van der Waals surface area contributed by atoms with Gasteiger partial charge in [0.1, 0.15) is 24.0 Å². The molecule has 0 bridgehead atoms. The molecule has 0 radical (unpaired) electrons. The van der Waals surface area contributed by atoms with E-state index in [1.54, 1.807) is 45.9 Å². The third-order valence-corrected chi connectivity index (χ3v) is 5.83. The van der Waals surface area contributed by atoms with Crippen LogP contribution < -0.4 is 10.3 Å². The first-order valence-electron chi connectivity index (χ1n) is 10.7. The van der Waals surface area contributed by atoms with Crippen molar-refractivity contribution in [3.05, 3.63) is 71.3 Å². The van der Waals surface area contributed by atoms with E-state index < -0.39 is 0 Å². The standard InChI is InChI=1S/C23H22N6O5/c1-33-17-6-4-16(5-7-17)29-21-18(13-25-29)22(31)28(15-24-21)14-20(30)26-8-10-27(11-9-26)23(32)19-3-2-12-34-19/h2-7,12-13,15H,8-11,14H2,1H3. The summed E-state index contributed by atoms with van der Waals surface area (Å²) >= 11 is 0. The van der Waals surface area contributed by atoms with E-state index in [2.05, 4.69) is 10.1 Å². The van der Waals surface area contributed by atoms with Crippen molar-refractivity contribution in [3.8, 4) is 11.4 Å². The Hall–Kier alpha value is -4.41. The first-order chi connectivity index (χ1) is 16.5. The normalized spacial score (nSPS) is 13.9. The third-order valence-electron chi connectivity index (χ3n) is 5.83. The van der Waals surface area contributed by atoms with Gasteiger partial charge in [-0.1, -0.05) is 0 Å². The Bertz CT molecular complexity index is 1380. The zero-order chi connectivity index (χ0) is 23.7. The minimum atomic E-state index is -0.343. The number of nitrogens with zero attached hydrogens (tertiary/aromatic N) is 6. The van der Waals surface area contributed by atoms with Crippen LogP contribution in [0.4, 0.5) is 0 Å². The average molecular weight is 462 g/mol. The number of aromatic nitrogens is 4. The van der Waals surface area contributed by atoms with E-state index >= 15 is 0 Å². The highest BCUT2D eigenvalue weighted by molar-refractivity contribution is 5.91. The summed E-state index contributed by atoms with van der Waals surface area (Å²) in [4.78, 5) is 45.9. The first-order valence-corrected chi connectivity index (χ1v) is 10.7. The molecule has 1 aliphatic heterocycles. The van der Waals surface area contributed by atoms with Crippen molar-refractivity contribution in [1.82, 2.24) is 29.1 Å². The van der Waals surface area contributed by atoms with Crippen LogP contribution >= 0.6 is 0 Å². The Morgan fingerprint density at radius 2 is 1.79 bits per heavy atom. The van der Waals surface area contributed by atoms with Gasteiger partial charge in [-0.15, -0.1) is 0 Å². The molecule has 1 aromatic carbocycles. The number of carbonyl (C=O) groups excluding carboxylic acids is 2. The van der Waals surface area contributed by atoms with E-state index in [1.165, 1.54) is 23.4 Å². The van der Waals surface area contributed by atoms with Gasteiger partial charge < -0.3 is 19.0 Å². The van der Waals surface area contributed by atoms with Gasteiger partial charge in [0.05, 0.1) is 25.3 Å². The average Bonchev–Trinajstić information content (AvgIpc) is 3.56. The van der Waals surface area contributed by atoms with Gasteiger partial charge in [0, 0.05) is 26.2 Å². The lowest BCUT2D eigenvalue weighted by Gasteiger charge is -2.34. The Morgan fingerprint density at radius 3 is 2.47 bits per heavy atom. The van der Waals surface area contributed by atoms with Crippen LogP contribution in [-0.2, 0) is 11.3 Å². The molecule has 1 saturated heterocycles. The molecule has 0 spiro atoms. The SMILES string of the molecule is COc1ccc(-n2ncc3c(=O)n(CC(=O)N4CCN(C(=O)c5ccco5)CC4)cnc32)cc1. The largest absolute Gasteiger partial charge is 0.497 e. The maximum Gasteiger partial charge on any atom is 0.289 e. The zero-order valence-corrected chi connectivity index (χ0v) is 18.5. The third kappa shape index (κ3) is 3.91. The van der Waals surface area contributed by atoms with Gasteiger partial charge in [0.2, 0.25) is 5.91 Å². The fourth-order valence-corrected chi connectivity index (χ4v) is 3.93. The van der Waals surface area contributed by atoms with Gasteiger partial charge in [-0.2, -0.15) is 5.10 Å². The lowest BCUT2D eigenvalue weighted by atomic mass is 10.2. The number of piperazine rings is 1. The summed E-state index contributed by atoms with van der Waals surface area (Å²) in [5.74, 6) is 0.578. The number of methoxy groups -OCH3 is 1. The van der Waals surface area contributed by atoms with E-state index in [-0.39, 0.29) is 29.7 Å². The molecule has 4 heterocycles. The van der Waals surface area contributed by atoms with Crippen LogP contribution in [0.3, 0.4) is 0 Å². The first kappa shape index (κ1) is 21.4. The van der Waals surface area contributed by atoms with E-state index in [1.807, 2.05) is 12.1 Å². The van der Waals surface area contributed by atoms with Crippen LogP contribution in [0.25, 0.3) is 16.7 Å². The predicted molar refractivity (Wildman–Crippen MR) is 121 cm³/mol. The molecule has 0 atom stereocenters. The van der Waals surface area contributed by atoms with E-state index in [9.17, 15) is 14.4 Å². The molecule has 11 nitrogen and oxygen atoms in total. The highest BCUT2D eigenvalue weighted by Gasteiger charge is 2.26. The molecule has 34 heavy (non-hydrogen) atoms. The van der Waals surface area contributed by atoms with E-state index in [4.69, 9.17) is 9.15 Å². The van der Waals surface area contributed by atoms with Crippen LogP contribution in [0.1, 0.15) is 10.6 Å². The lowest BCUT2D eigenvalue weighted by molar-refractivity contribution is -0.133. The molecule has 3 aromatic heterocycles. The molecule has 1 aliphatic rings. The fraction of sp³-hybridized carbons (Fsp3) is 0.261. The van der Waals surface area contributed by atoms with Crippen LogP contribution in [0.15, 0.2) is 64.4 Å². The molecule has 11 heteroatoms. The Kier molecular flexibility index (Phi) is 5.58. The number of carbonyl (C=O) groups is 2. The Morgan fingerprint density at radius 1 is 1.06 bits per heavy atom. The van der Waals surface area contributed by atoms with Crippen LogP contribution in [0, 0.1) is 0 Å². The second-order valence-corrected chi connectivity index (χ2v) is 7.82. The number of amides is 2. The number of benzene rings is 1. The minimum Gasteiger partial charge on any atom is -0.497 e. The Balaban J connectivity index is 1.28. The lowest BCUT2D eigenvalue weighted by Crippen LogP contribution is -2.51. The molecule has 0 N–H and O–H groups in total. The molecular weight excluding hydrogens is 440 g/mol. The fourth-order valence-electron chi connectivity index (χ4n) is 3.93. The second kappa shape index (κ2) is 8.85. The highest BCUT2D eigenvalue weighted by atomic mass is 16.5. The summed E-state index contributed by atoms with van der Waals surface area (Å²) in [6.45, 7) is 1.41. The van der Waals surface area contributed by atoms with Crippen molar-refractivity contribution in [1.29, 1.82) is 0 Å². The summed E-state index contributed by atoms with van der Waals surface area (Å²) in [5.41, 5.74) is 0.798. The molecule has 0 saturated carbocycles. The molecule has 5 rings (SSSR count). The van der Waals surface area contributed by atoms with Crippen molar-refractivity contribution in [2.75, 3.05) is 33.3 Å². The number of hydrogen-bond donors (Lipinski definition) is 0. The van der Waals surface area contributed by atoms with E-state index in [0.29, 0.717) is 43.0 Å². The smallest absolute Gasteiger partial charge is 0.289 e. The molecule has 2 amide bonds. The maximum atomic E-state index is 13.0. The number of furan rings is 1. The van der Waals surface area contributed by atoms with Gasteiger partial charge in [0.15, 0.2) is 11.4 Å². The number of fused-ring (bicyclic) bond motifs is 1. The van der Waals surface area contributed by atoms with Crippen molar-refractivity contribution < 1.29 is 18.7 Å². The summed E-state index contributed by atoms with van der Waals surface area (Å²) in [6.07, 6.45) is 4.27. The minimum absolute atomic E-state index is 0.137. The van der Waals surface area contributed by atoms with Crippen LogP contribution in [0.2, 0.25) is 0 Å². The summed E-state index contributed by atoms with van der Waals surface area (Å²) in [5, 5.41) is 4.62. The topological polar surface area (TPSA) is 116 Å². The van der Waals surface area contributed by atoms with Crippen molar-refractivity contribution in [3.63, 3.8) is 0 Å². The number of ether oxygens (including phenoxy) is 1. The predicted octanol–water partition coefficient (Wildman–Crippen LogP) is 1.17. The molecule has 174 valence electrons. The maximum absolute atomic E-state index is 13.0. The van der Waals surface area contributed by atoms with Crippen molar-refractivity contribution in [2.45, 2.75) is 6.54 Å². The van der Waals surface area contributed by atoms with Crippen molar-refractivity contribution >= 4 is 22.8 Å². The monoisotopic (exact) mass is 462 g/mol. The number of hydrogen-bond acceptors (Lipinski definition) is 7. The van der Waals surface area contributed by atoms with Gasteiger partial charge in [-0.25, -0.2) is 9.67 Å². The van der Waals surface area contributed by atoms with Gasteiger partial charge >= 0.3 is 0 Å². The number of rotatable bonds is 5. The van der Waals surface area contributed by atoms with Gasteiger partial charge in [-0.3, -0.25) is 19.0 Å². The molecule has 4 aromatic rings. The van der Waals surface area contributed by atoms with E-state index in [0.717, 1.165) is 5.69 Å². The van der Waals surface area contributed by atoms with Gasteiger partial charge in [-0.05, 0) is 36.4 Å². The summed E-state index contributed by atoms with van der Waals surface area (Å²) < 4.78 is 13.2. The Labute approximate surface area is 193 Å². The molecule has 1 fully saturated rings. The van der Waals surface area contributed by atoms with Crippen LogP contribution in [-0.4, -0.2) is 74.2 Å². The highest BCUT2D eigenvalue weighted by Crippen LogP contribution is 2.17. The van der Waals surface area contributed by atoms with Crippen LogP contribution in [0.5, 0.6) is 5.75 Å². The summed E-state index contributed by atoms with van der Waals surface area (Å²) in [7, 11) is 1.59. The summed E-state index contributed by atoms with van der Waals surface area (Å²) in [6, 6.07) is 10.5. The molecular formula is C23H22N6O5. The van der Waals surface area contributed by atoms with Crippen molar-refractivity contribution in [2.24, 2.45) is 0 Å². The second-order valence-electron chi connectivity index (χ2n) is 7.82. The molecule has 0 unspecified atom stereocenters. The quantitative estimate of drug-likeness (QED) is 0.437. The molecule has 0 aliphatic carbocycles. The van der Waals surface area contributed by atoms with Gasteiger partial charge in [0.25, 0.3) is 11.5 Å².